The molecule has 0 radical (unpaired) electrons. The summed E-state index contributed by atoms with van der Waals surface area (Å²) in [6, 6.07) is 7.20. The van der Waals surface area contributed by atoms with Gasteiger partial charge in [-0.2, -0.15) is 8.42 Å². The molecule has 0 saturated carbocycles. The van der Waals surface area contributed by atoms with Crippen molar-refractivity contribution < 1.29 is 12.7 Å². The Balaban J connectivity index is 2.77. The van der Waals surface area contributed by atoms with Crippen LogP contribution in [0.2, 0.25) is 0 Å². The molecule has 0 aliphatic rings. The Kier molecular flexibility index (Phi) is 4.96. The average molecular weight is 276 g/mol. The standard InChI is InChI=1S/C11H14ClNO3S/c1-3-8-17(14,15)16-13-11(12)10-6-4-9(2)5-7-10/h4-7H,3,8H2,1-2H3. The van der Waals surface area contributed by atoms with Crippen LogP contribution < -0.4 is 0 Å². The summed E-state index contributed by atoms with van der Waals surface area (Å²) in [5.74, 6) is -0.0748. The Bertz CT molecular complexity index is 494. The lowest BCUT2D eigenvalue weighted by molar-refractivity contribution is 0.340. The van der Waals surface area contributed by atoms with Crippen molar-refractivity contribution >= 4 is 26.9 Å². The zero-order valence-corrected chi connectivity index (χ0v) is 11.3. The quantitative estimate of drug-likeness (QED) is 0.613. The highest BCUT2D eigenvalue weighted by Crippen LogP contribution is 2.09. The van der Waals surface area contributed by atoms with Gasteiger partial charge in [0.05, 0.1) is 5.75 Å². The zero-order valence-electron chi connectivity index (χ0n) is 9.68. The van der Waals surface area contributed by atoms with Crippen LogP contribution in [-0.2, 0) is 14.4 Å². The Morgan fingerprint density at radius 1 is 1.35 bits per heavy atom. The molecule has 0 aliphatic heterocycles. The number of halogens is 1. The number of hydrogen-bond acceptors (Lipinski definition) is 4. The van der Waals surface area contributed by atoms with Crippen LogP contribution in [0.25, 0.3) is 0 Å². The molecule has 0 fully saturated rings. The maximum atomic E-state index is 11.2. The van der Waals surface area contributed by atoms with Crippen LogP contribution in [0.5, 0.6) is 0 Å². The second kappa shape index (κ2) is 6.02. The highest BCUT2D eigenvalue weighted by Gasteiger charge is 2.10. The van der Waals surface area contributed by atoms with Crippen LogP contribution in [-0.4, -0.2) is 19.3 Å². The third-order valence-corrected chi connectivity index (χ3v) is 3.47. The third-order valence-electron chi connectivity index (χ3n) is 1.97. The van der Waals surface area contributed by atoms with Crippen LogP contribution in [0.15, 0.2) is 29.4 Å². The van der Waals surface area contributed by atoms with E-state index in [0.29, 0.717) is 12.0 Å². The van der Waals surface area contributed by atoms with E-state index in [1.807, 2.05) is 19.1 Å². The molecule has 0 aromatic heterocycles. The first-order valence-corrected chi connectivity index (χ1v) is 7.12. The van der Waals surface area contributed by atoms with Crippen LogP contribution in [0.4, 0.5) is 0 Å². The van der Waals surface area contributed by atoms with Gasteiger partial charge in [0.1, 0.15) is 0 Å². The molecule has 0 aliphatic carbocycles. The highest BCUT2D eigenvalue weighted by atomic mass is 35.5. The zero-order chi connectivity index (χ0) is 12.9. The summed E-state index contributed by atoms with van der Waals surface area (Å²) in [6.45, 7) is 3.68. The molecule has 4 nitrogen and oxygen atoms in total. The molecular weight excluding hydrogens is 262 g/mol. The Hall–Kier alpha value is -1.07. The molecule has 0 saturated heterocycles. The molecule has 17 heavy (non-hydrogen) atoms. The van der Waals surface area contributed by atoms with Gasteiger partial charge in [0, 0.05) is 5.56 Å². The molecular formula is C11H14ClNO3S. The van der Waals surface area contributed by atoms with E-state index in [4.69, 9.17) is 11.6 Å². The van der Waals surface area contributed by atoms with Gasteiger partial charge in [-0.3, -0.25) is 4.28 Å². The van der Waals surface area contributed by atoms with Crippen molar-refractivity contribution in [2.75, 3.05) is 5.75 Å². The number of rotatable bonds is 5. The summed E-state index contributed by atoms with van der Waals surface area (Å²) in [6.07, 6.45) is 0.472. The van der Waals surface area contributed by atoms with Crippen molar-refractivity contribution in [3.05, 3.63) is 35.4 Å². The lowest BCUT2D eigenvalue weighted by atomic mass is 10.2. The number of nitrogens with zero attached hydrogens (tertiary/aromatic N) is 1. The third kappa shape index (κ3) is 4.75. The smallest absolute Gasteiger partial charge is 0.267 e. The van der Waals surface area contributed by atoms with Gasteiger partial charge < -0.3 is 0 Å². The van der Waals surface area contributed by atoms with Crippen LogP contribution >= 0.6 is 11.6 Å². The molecule has 0 bridgehead atoms. The minimum atomic E-state index is -3.61. The largest absolute Gasteiger partial charge is 0.328 e. The molecule has 94 valence electrons. The topological polar surface area (TPSA) is 55.7 Å². The van der Waals surface area contributed by atoms with Crippen LogP contribution in [0.3, 0.4) is 0 Å². The summed E-state index contributed by atoms with van der Waals surface area (Å²) < 4.78 is 26.9. The average Bonchev–Trinajstić information content (AvgIpc) is 2.27. The first kappa shape index (κ1) is 14.0. The normalized spacial score (nSPS) is 12.5. The first-order chi connectivity index (χ1) is 7.94. The van der Waals surface area contributed by atoms with E-state index in [2.05, 4.69) is 9.44 Å². The number of oxime groups is 1. The number of benzene rings is 1. The Morgan fingerprint density at radius 3 is 2.47 bits per heavy atom. The predicted octanol–water partition coefficient (Wildman–Crippen LogP) is 2.65. The van der Waals surface area contributed by atoms with Gasteiger partial charge in [-0.1, -0.05) is 53.5 Å². The summed E-state index contributed by atoms with van der Waals surface area (Å²) in [5.41, 5.74) is 1.70. The minimum absolute atomic E-state index is 0.0182. The highest BCUT2D eigenvalue weighted by molar-refractivity contribution is 7.86. The SMILES string of the molecule is CCCS(=O)(=O)ON=C(Cl)c1ccc(C)cc1. The van der Waals surface area contributed by atoms with Crippen molar-refractivity contribution in [2.45, 2.75) is 20.3 Å². The van der Waals surface area contributed by atoms with Gasteiger partial charge in [-0.15, -0.1) is 0 Å². The molecule has 0 unspecified atom stereocenters. The van der Waals surface area contributed by atoms with Gasteiger partial charge in [-0.25, -0.2) is 0 Å². The molecule has 0 N–H and O–H groups in total. The maximum Gasteiger partial charge on any atom is 0.328 e. The summed E-state index contributed by atoms with van der Waals surface area (Å²) in [4.78, 5) is 0. The fourth-order valence-electron chi connectivity index (χ4n) is 1.12. The number of hydrogen-bond donors (Lipinski definition) is 0. The van der Waals surface area contributed by atoms with E-state index in [1.165, 1.54) is 0 Å². The van der Waals surface area contributed by atoms with Gasteiger partial charge >= 0.3 is 10.1 Å². The molecule has 1 aromatic carbocycles. The van der Waals surface area contributed by atoms with E-state index >= 15 is 0 Å². The lowest BCUT2D eigenvalue weighted by Crippen LogP contribution is -2.07. The summed E-state index contributed by atoms with van der Waals surface area (Å²) in [7, 11) is -3.61. The van der Waals surface area contributed by atoms with Crippen molar-refractivity contribution in [1.29, 1.82) is 0 Å². The van der Waals surface area contributed by atoms with Crippen LogP contribution in [0, 0.1) is 6.92 Å². The fraction of sp³-hybridized carbons (Fsp3) is 0.364. The molecule has 1 aromatic rings. The predicted molar refractivity (Wildman–Crippen MR) is 68.7 cm³/mol. The van der Waals surface area contributed by atoms with Crippen LogP contribution in [0.1, 0.15) is 24.5 Å². The van der Waals surface area contributed by atoms with Gasteiger partial charge in [0.25, 0.3) is 0 Å². The second-order valence-corrected chi connectivity index (χ2v) is 5.62. The molecule has 0 amide bonds. The second-order valence-electron chi connectivity index (χ2n) is 3.58. The van der Waals surface area contributed by atoms with E-state index in [0.717, 1.165) is 5.56 Å². The maximum absolute atomic E-state index is 11.2. The van der Waals surface area contributed by atoms with Gasteiger partial charge in [-0.05, 0) is 13.3 Å². The van der Waals surface area contributed by atoms with E-state index in [9.17, 15) is 8.42 Å². The Morgan fingerprint density at radius 2 is 1.94 bits per heavy atom. The van der Waals surface area contributed by atoms with Crippen molar-refractivity contribution in [3.63, 3.8) is 0 Å². The molecule has 6 heteroatoms. The Labute approximate surface area is 106 Å². The first-order valence-electron chi connectivity index (χ1n) is 5.16. The minimum Gasteiger partial charge on any atom is -0.267 e. The molecule has 1 rings (SSSR count). The van der Waals surface area contributed by atoms with Gasteiger partial charge in [0.15, 0.2) is 5.17 Å². The summed E-state index contributed by atoms with van der Waals surface area (Å²) >= 11 is 5.83. The van der Waals surface area contributed by atoms with E-state index in [-0.39, 0.29) is 10.9 Å². The van der Waals surface area contributed by atoms with Crippen molar-refractivity contribution in [2.24, 2.45) is 5.16 Å². The molecule has 0 heterocycles. The van der Waals surface area contributed by atoms with E-state index in [1.54, 1.807) is 19.1 Å². The lowest BCUT2D eigenvalue weighted by Gasteiger charge is -2.01. The summed E-state index contributed by atoms with van der Waals surface area (Å²) in [5, 5.41) is 3.43. The molecule has 0 atom stereocenters. The van der Waals surface area contributed by atoms with Crippen molar-refractivity contribution in [1.82, 2.24) is 0 Å². The monoisotopic (exact) mass is 275 g/mol. The van der Waals surface area contributed by atoms with Gasteiger partial charge in [0.2, 0.25) is 0 Å². The fourth-order valence-corrected chi connectivity index (χ4v) is 2.08. The molecule has 0 spiro atoms. The van der Waals surface area contributed by atoms with E-state index < -0.39 is 10.1 Å². The number of aryl methyl sites for hydroxylation is 1. The van der Waals surface area contributed by atoms with Crippen molar-refractivity contribution in [3.8, 4) is 0 Å².